The van der Waals surface area contributed by atoms with Crippen LogP contribution < -0.4 is 10.6 Å². The first-order chi connectivity index (χ1) is 10.5. The number of hydrogen-bond donors (Lipinski definition) is 2. The van der Waals surface area contributed by atoms with Crippen molar-refractivity contribution >= 4 is 29.3 Å². The standard InChI is InChI=1S/C15H20ClN3O3/c1-10(20)18-11-4-5-12(13(16)8-11)15(22)17-9-14(21)19-6-2-3-7-19/h4-5,11H,2-3,6-9H2,1H3,(H,17,22)(H,18,20). The molecule has 120 valence electrons. The lowest BCUT2D eigenvalue weighted by molar-refractivity contribution is -0.131. The van der Waals surface area contributed by atoms with E-state index in [1.807, 2.05) is 0 Å². The third-order valence-corrected chi connectivity index (χ3v) is 4.04. The SMILES string of the molecule is CC(=O)NC1C=CC(C(=O)NCC(=O)N2CCCC2)=C(Cl)C1. The van der Waals surface area contributed by atoms with Gasteiger partial charge in [-0.1, -0.05) is 23.8 Å². The van der Waals surface area contributed by atoms with Crippen LogP contribution in [0.1, 0.15) is 26.2 Å². The van der Waals surface area contributed by atoms with Gasteiger partial charge in [-0.3, -0.25) is 14.4 Å². The molecule has 0 aromatic carbocycles. The van der Waals surface area contributed by atoms with Crippen LogP contribution in [0.15, 0.2) is 22.8 Å². The molecule has 0 aromatic heterocycles. The molecule has 7 heteroatoms. The highest BCUT2D eigenvalue weighted by Gasteiger charge is 2.22. The number of amides is 3. The molecule has 0 bridgehead atoms. The lowest BCUT2D eigenvalue weighted by Crippen LogP contribution is -2.39. The molecule has 1 aliphatic carbocycles. The van der Waals surface area contributed by atoms with Crippen LogP contribution in [0.25, 0.3) is 0 Å². The molecule has 3 amide bonds. The van der Waals surface area contributed by atoms with Crippen molar-refractivity contribution in [1.29, 1.82) is 0 Å². The highest BCUT2D eigenvalue weighted by atomic mass is 35.5. The highest BCUT2D eigenvalue weighted by Crippen LogP contribution is 2.23. The fourth-order valence-electron chi connectivity index (χ4n) is 2.56. The summed E-state index contributed by atoms with van der Waals surface area (Å²) in [5.41, 5.74) is 0.345. The lowest BCUT2D eigenvalue weighted by atomic mass is 10.0. The number of hydrogen-bond acceptors (Lipinski definition) is 3. The molecular formula is C15H20ClN3O3. The second-order valence-electron chi connectivity index (χ2n) is 5.46. The third kappa shape index (κ3) is 4.34. The maximum Gasteiger partial charge on any atom is 0.252 e. The smallest absolute Gasteiger partial charge is 0.252 e. The van der Waals surface area contributed by atoms with E-state index in [0.29, 0.717) is 17.0 Å². The Morgan fingerprint density at radius 3 is 2.59 bits per heavy atom. The number of nitrogens with zero attached hydrogens (tertiary/aromatic N) is 1. The third-order valence-electron chi connectivity index (χ3n) is 3.68. The van der Waals surface area contributed by atoms with E-state index in [2.05, 4.69) is 10.6 Å². The van der Waals surface area contributed by atoms with Gasteiger partial charge in [0.1, 0.15) is 0 Å². The Morgan fingerprint density at radius 1 is 1.32 bits per heavy atom. The molecule has 2 N–H and O–H groups in total. The van der Waals surface area contributed by atoms with Gasteiger partial charge in [-0.2, -0.15) is 0 Å². The predicted octanol–water partition coefficient (Wildman–Crippen LogP) is 0.682. The van der Waals surface area contributed by atoms with Gasteiger partial charge in [0.15, 0.2) is 0 Å². The fraction of sp³-hybridized carbons (Fsp3) is 0.533. The second-order valence-corrected chi connectivity index (χ2v) is 5.92. The zero-order valence-corrected chi connectivity index (χ0v) is 13.3. The molecule has 2 rings (SSSR count). The largest absolute Gasteiger partial charge is 0.350 e. The van der Waals surface area contributed by atoms with Crippen LogP contribution in [0.5, 0.6) is 0 Å². The molecule has 2 aliphatic rings. The summed E-state index contributed by atoms with van der Waals surface area (Å²) in [5.74, 6) is -0.586. The first-order valence-electron chi connectivity index (χ1n) is 7.37. The van der Waals surface area contributed by atoms with Crippen LogP contribution in [0.4, 0.5) is 0 Å². The van der Waals surface area contributed by atoms with Gasteiger partial charge in [0.05, 0.1) is 18.2 Å². The molecule has 6 nitrogen and oxygen atoms in total. The molecule has 1 heterocycles. The molecule has 1 saturated heterocycles. The molecule has 0 aromatic rings. The molecule has 0 saturated carbocycles. The molecule has 1 aliphatic heterocycles. The van der Waals surface area contributed by atoms with E-state index >= 15 is 0 Å². The Morgan fingerprint density at radius 2 is 2.00 bits per heavy atom. The maximum atomic E-state index is 12.1. The Bertz CT molecular complexity index is 536. The van der Waals surface area contributed by atoms with Crippen molar-refractivity contribution in [3.8, 4) is 0 Å². The van der Waals surface area contributed by atoms with Crippen molar-refractivity contribution in [1.82, 2.24) is 15.5 Å². The summed E-state index contributed by atoms with van der Waals surface area (Å²) >= 11 is 6.12. The van der Waals surface area contributed by atoms with E-state index in [4.69, 9.17) is 11.6 Å². The van der Waals surface area contributed by atoms with Crippen LogP contribution in [-0.2, 0) is 14.4 Å². The number of carbonyl (C=O) groups excluding carboxylic acids is 3. The Labute approximate surface area is 134 Å². The first-order valence-corrected chi connectivity index (χ1v) is 7.75. The topological polar surface area (TPSA) is 78.5 Å². The van der Waals surface area contributed by atoms with Crippen molar-refractivity contribution in [3.05, 3.63) is 22.8 Å². The van der Waals surface area contributed by atoms with Gasteiger partial charge >= 0.3 is 0 Å². The van der Waals surface area contributed by atoms with Crippen molar-refractivity contribution in [2.24, 2.45) is 0 Å². The number of halogens is 1. The molecule has 1 fully saturated rings. The highest BCUT2D eigenvalue weighted by molar-refractivity contribution is 6.32. The van der Waals surface area contributed by atoms with Gasteiger partial charge < -0.3 is 15.5 Å². The first kappa shape index (κ1) is 16.5. The summed E-state index contributed by atoms with van der Waals surface area (Å²) in [6.07, 6.45) is 5.72. The lowest BCUT2D eigenvalue weighted by Gasteiger charge is -2.20. The minimum absolute atomic E-state index is 0.0184. The van der Waals surface area contributed by atoms with Gasteiger partial charge in [-0.15, -0.1) is 0 Å². The molecule has 22 heavy (non-hydrogen) atoms. The van der Waals surface area contributed by atoms with Crippen molar-refractivity contribution in [2.75, 3.05) is 19.6 Å². The van der Waals surface area contributed by atoms with E-state index in [1.54, 1.807) is 17.1 Å². The minimum Gasteiger partial charge on any atom is -0.350 e. The van der Waals surface area contributed by atoms with Crippen molar-refractivity contribution < 1.29 is 14.4 Å². The zero-order valence-electron chi connectivity index (χ0n) is 12.5. The predicted molar refractivity (Wildman–Crippen MR) is 83.1 cm³/mol. The average molecular weight is 326 g/mol. The Balaban J connectivity index is 1.86. The minimum atomic E-state index is -0.366. The van der Waals surface area contributed by atoms with Crippen LogP contribution >= 0.6 is 11.6 Å². The van der Waals surface area contributed by atoms with Crippen molar-refractivity contribution in [2.45, 2.75) is 32.2 Å². The molecule has 0 radical (unpaired) electrons. The molecular weight excluding hydrogens is 306 g/mol. The summed E-state index contributed by atoms with van der Waals surface area (Å²) in [6, 6.07) is -0.201. The summed E-state index contributed by atoms with van der Waals surface area (Å²) in [5, 5.41) is 5.71. The van der Waals surface area contributed by atoms with Gasteiger partial charge in [0, 0.05) is 31.5 Å². The van der Waals surface area contributed by atoms with E-state index < -0.39 is 0 Å². The average Bonchev–Trinajstić information content (AvgIpc) is 2.98. The van der Waals surface area contributed by atoms with Crippen LogP contribution in [0.3, 0.4) is 0 Å². The van der Waals surface area contributed by atoms with Crippen LogP contribution in [-0.4, -0.2) is 48.3 Å². The van der Waals surface area contributed by atoms with Crippen molar-refractivity contribution in [3.63, 3.8) is 0 Å². The number of nitrogens with one attached hydrogen (secondary N) is 2. The van der Waals surface area contributed by atoms with Crippen LogP contribution in [0.2, 0.25) is 0 Å². The second kappa shape index (κ2) is 7.45. The van der Waals surface area contributed by atoms with E-state index in [-0.39, 0.29) is 30.3 Å². The molecule has 0 spiro atoms. The summed E-state index contributed by atoms with van der Waals surface area (Å²) < 4.78 is 0. The number of rotatable bonds is 4. The quantitative estimate of drug-likeness (QED) is 0.798. The summed E-state index contributed by atoms with van der Waals surface area (Å²) in [4.78, 5) is 36.7. The summed E-state index contributed by atoms with van der Waals surface area (Å²) in [7, 11) is 0. The van der Waals surface area contributed by atoms with E-state index in [0.717, 1.165) is 25.9 Å². The molecule has 1 unspecified atom stereocenters. The van der Waals surface area contributed by atoms with Gasteiger partial charge in [0.25, 0.3) is 5.91 Å². The van der Waals surface area contributed by atoms with Gasteiger partial charge in [-0.25, -0.2) is 0 Å². The normalized spacial score (nSPS) is 21.0. The molecule has 1 atom stereocenters. The number of carbonyl (C=O) groups is 3. The number of likely N-dealkylation sites (tertiary alicyclic amines) is 1. The Hall–Kier alpha value is -1.82. The fourth-order valence-corrected chi connectivity index (χ4v) is 2.88. The maximum absolute atomic E-state index is 12.1. The van der Waals surface area contributed by atoms with Gasteiger partial charge in [-0.05, 0) is 12.8 Å². The van der Waals surface area contributed by atoms with Crippen LogP contribution in [0, 0.1) is 0 Å². The Kier molecular flexibility index (Phi) is 5.60. The van der Waals surface area contributed by atoms with Gasteiger partial charge in [0.2, 0.25) is 11.8 Å². The summed E-state index contributed by atoms with van der Waals surface area (Å²) in [6.45, 7) is 2.93. The van der Waals surface area contributed by atoms with E-state index in [1.165, 1.54) is 6.92 Å². The van der Waals surface area contributed by atoms with E-state index in [9.17, 15) is 14.4 Å². The monoisotopic (exact) mass is 325 g/mol. The zero-order chi connectivity index (χ0) is 16.1.